The highest BCUT2D eigenvalue weighted by atomic mass is 35.5. The Hall–Kier alpha value is -1.07. The zero-order valence-corrected chi connectivity index (χ0v) is 11.4. The highest BCUT2D eigenvalue weighted by molar-refractivity contribution is 6.31. The highest BCUT2D eigenvalue weighted by Crippen LogP contribution is 2.20. The maximum atomic E-state index is 12.1. The predicted molar refractivity (Wildman–Crippen MR) is 68.5 cm³/mol. The van der Waals surface area contributed by atoms with Gasteiger partial charge in [-0.05, 0) is 20.3 Å². The molecule has 1 aromatic heterocycles. The Balaban J connectivity index is 2.01. The topological polar surface area (TPSA) is 58.4 Å². The minimum atomic E-state index is 0.0354. The van der Waals surface area contributed by atoms with Crippen molar-refractivity contribution < 1.29 is 9.90 Å². The molecule has 18 heavy (non-hydrogen) atoms. The second-order valence-corrected chi connectivity index (χ2v) is 5.20. The number of halogens is 1. The van der Waals surface area contributed by atoms with Gasteiger partial charge in [0.1, 0.15) is 6.54 Å². The minimum absolute atomic E-state index is 0.0354. The number of hydrogen-bond donors (Lipinski definition) is 1. The number of aliphatic hydroxyl groups excluding tert-OH is 1. The van der Waals surface area contributed by atoms with Crippen LogP contribution in [0.1, 0.15) is 17.8 Å². The summed E-state index contributed by atoms with van der Waals surface area (Å²) in [6, 6.07) is 0. The van der Waals surface area contributed by atoms with Crippen LogP contribution in [0.4, 0.5) is 0 Å². The lowest BCUT2D eigenvalue weighted by Gasteiger charge is -2.16. The van der Waals surface area contributed by atoms with Crippen molar-refractivity contribution in [3.8, 4) is 0 Å². The predicted octanol–water partition coefficient (Wildman–Crippen LogP) is 0.994. The van der Waals surface area contributed by atoms with E-state index in [2.05, 4.69) is 5.10 Å². The number of rotatable bonds is 3. The number of aliphatic hydroxyl groups is 1. The average molecular weight is 272 g/mol. The van der Waals surface area contributed by atoms with E-state index < -0.39 is 0 Å². The van der Waals surface area contributed by atoms with Crippen molar-refractivity contribution in [3.05, 3.63) is 16.4 Å². The molecular weight excluding hydrogens is 254 g/mol. The second-order valence-electron chi connectivity index (χ2n) is 4.82. The lowest BCUT2D eigenvalue weighted by atomic mass is 10.1. The van der Waals surface area contributed by atoms with Gasteiger partial charge >= 0.3 is 0 Å². The fourth-order valence-electron chi connectivity index (χ4n) is 2.27. The van der Waals surface area contributed by atoms with Crippen LogP contribution in [0, 0.1) is 19.8 Å². The number of nitrogens with zero attached hydrogens (tertiary/aromatic N) is 3. The number of carbonyl (C=O) groups is 1. The molecule has 1 aliphatic heterocycles. The molecule has 0 aromatic carbocycles. The number of aromatic nitrogens is 2. The molecule has 1 fully saturated rings. The molecule has 1 N–H and O–H groups in total. The number of aryl methyl sites for hydroxylation is 1. The highest BCUT2D eigenvalue weighted by Gasteiger charge is 2.26. The summed E-state index contributed by atoms with van der Waals surface area (Å²) >= 11 is 6.05. The maximum Gasteiger partial charge on any atom is 0.244 e. The zero-order chi connectivity index (χ0) is 13.3. The quantitative estimate of drug-likeness (QED) is 0.892. The second kappa shape index (κ2) is 5.28. The summed E-state index contributed by atoms with van der Waals surface area (Å²) in [4.78, 5) is 13.9. The standard InChI is InChI=1S/C12H18ClN3O2/c1-8-12(13)9(2)16(14-8)6-11(18)15-4-3-10(5-15)7-17/h10,17H,3-7H2,1-2H3. The van der Waals surface area contributed by atoms with E-state index >= 15 is 0 Å². The fraction of sp³-hybridized carbons (Fsp3) is 0.667. The molecule has 0 bridgehead atoms. The van der Waals surface area contributed by atoms with Gasteiger partial charge in [-0.25, -0.2) is 0 Å². The minimum Gasteiger partial charge on any atom is -0.396 e. The van der Waals surface area contributed by atoms with E-state index in [1.807, 2.05) is 13.8 Å². The molecule has 0 radical (unpaired) electrons. The van der Waals surface area contributed by atoms with E-state index in [1.54, 1.807) is 9.58 Å². The Labute approximate surface area is 111 Å². The Morgan fingerprint density at radius 2 is 2.28 bits per heavy atom. The molecule has 0 spiro atoms. The van der Waals surface area contributed by atoms with E-state index in [-0.39, 0.29) is 25.0 Å². The van der Waals surface area contributed by atoms with Crippen molar-refractivity contribution in [2.75, 3.05) is 19.7 Å². The molecule has 6 heteroatoms. The third-order valence-corrected chi connectivity index (χ3v) is 4.02. The van der Waals surface area contributed by atoms with E-state index in [0.717, 1.165) is 24.4 Å². The summed E-state index contributed by atoms with van der Waals surface area (Å²) in [7, 11) is 0. The summed E-state index contributed by atoms with van der Waals surface area (Å²) in [5.41, 5.74) is 1.57. The molecule has 0 saturated carbocycles. The van der Waals surface area contributed by atoms with Crippen LogP contribution in [0.15, 0.2) is 0 Å². The van der Waals surface area contributed by atoms with Gasteiger partial charge in [0.15, 0.2) is 0 Å². The van der Waals surface area contributed by atoms with Crippen LogP contribution >= 0.6 is 11.6 Å². The van der Waals surface area contributed by atoms with Crippen molar-refractivity contribution >= 4 is 17.5 Å². The number of amides is 1. The van der Waals surface area contributed by atoms with Crippen LogP contribution in [-0.4, -0.2) is 45.4 Å². The Bertz CT molecular complexity index is 458. The van der Waals surface area contributed by atoms with Crippen molar-refractivity contribution in [2.24, 2.45) is 5.92 Å². The first kappa shape index (κ1) is 13.4. The summed E-state index contributed by atoms with van der Waals surface area (Å²) < 4.78 is 1.65. The number of hydrogen-bond acceptors (Lipinski definition) is 3. The fourth-order valence-corrected chi connectivity index (χ4v) is 2.40. The third-order valence-electron chi connectivity index (χ3n) is 3.47. The summed E-state index contributed by atoms with van der Waals surface area (Å²) in [5.74, 6) is 0.256. The summed E-state index contributed by atoms with van der Waals surface area (Å²) in [6.45, 7) is 5.41. The van der Waals surface area contributed by atoms with Crippen LogP contribution < -0.4 is 0 Å². The Kier molecular flexibility index (Phi) is 3.92. The first-order valence-corrected chi connectivity index (χ1v) is 6.49. The van der Waals surface area contributed by atoms with Gasteiger partial charge in [0.05, 0.1) is 16.4 Å². The summed E-state index contributed by atoms with van der Waals surface area (Å²) in [5, 5.41) is 13.9. The molecule has 1 aliphatic rings. The van der Waals surface area contributed by atoms with Crippen LogP contribution in [0.5, 0.6) is 0 Å². The van der Waals surface area contributed by atoms with Crippen molar-refractivity contribution in [1.29, 1.82) is 0 Å². The lowest BCUT2D eigenvalue weighted by Crippen LogP contribution is -2.32. The molecule has 0 aliphatic carbocycles. The van der Waals surface area contributed by atoms with Crippen LogP contribution in [0.2, 0.25) is 5.02 Å². The van der Waals surface area contributed by atoms with Crippen LogP contribution in [0.25, 0.3) is 0 Å². The average Bonchev–Trinajstić information content (AvgIpc) is 2.92. The molecule has 1 atom stereocenters. The van der Waals surface area contributed by atoms with Gasteiger partial charge in [-0.3, -0.25) is 9.48 Å². The van der Waals surface area contributed by atoms with Gasteiger partial charge < -0.3 is 10.0 Å². The molecule has 2 rings (SSSR count). The maximum absolute atomic E-state index is 12.1. The van der Waals surface area contributed by atoms with Gasteiger partial charge in [-0.1, -0.05) is 11.6 Å². The van der Waals surface area contributed by atoms with Crippen LogP contribution in [-0.2, 0) is 11.3 Å². The van der Waals surface area contributed by atoms with Crippen LogP contribution in [0.3, 0.4) is 0 Å². The zero-order valence-electron chi connectivity index (χ0n) is 10.7. The lowest BCUT2D eigenvalue weighted by molar-refractivity contribution is -0.131. The Morgan fingerprint density at radius 3 is 2.78 bits per heavy atom. The van der Waals surface area contributed by atoms with E-state index in [9.17, 15) is 4.79 Å². The molecule has 5 nitrogen and oxygen atoms in total. The molecule has 1 unspecified atom stereocenters. The monoisotopic (exact) mass is 271 g/mol. The normalized spacial score (nSPS) is 19.6. The van der Waals surface area contributed by atoms with E-state index in [4.69, 9.17) is 16.7 Å². The van der Waals surface area contributed by atoms with Gasteiger partial charge in [0.25, 0.3) is 0 Å². The molecule has 1 saturated heterocycles. The third kappa shape index (κ3) is 2.52. The number of carbonyl (C=O) groups excluding carboxylic acids is 1. The van der Waals surface area contributed by atoms with Gasteiger partial charge in [0, 0.05) is 25.6 Å². The smallest absolute Gasteiger partial charge is 0.244 e. The van der Waals surface area contributed by atoms with E-state index in [0.29, 0.717) is 11.6 Å². The molecule has 1 aromatic rings. The molecular formula is C12H18ClN3O2. The van der Waals surface area contributed by atoms with Crippen molar-refractivity contribution in [2.45, 2.75) is 26.8 Å². The summed E-state index contributed by atoms with van der Waals surface area (Å²) in [6.07, 6.45) is 0.875. The van der Waals surface area contributed by atoms with E-state index in [1.165, 1.54) is 0 Å². The largest absolute Gasteiger partial charge is 0.396 e. The van der Waals surface area contributed by atoms with Gasteiger partial charge in [-0.15, -0.1) is 0 Å². The molecule has 1 amide bonds. The number of likely N-dealkylation sites (tertiary alicyclic amines) is 1. The first-order valence-electron chi connectivity index (χ1n) is 6.11. The van der Waals surface area contributed by atoms with Crippen molar-refractivity contribution in [3.63, 3.8) is 0 Å². The van der Waals surface area contributed by atoms with Gasteiger partial charge in [0.2, 0.25) is 5.91 Å². The SMILES string of the molecule is Cc1nn(CC(=O)N2CCC(CO)C2)c(C)c1Cl. The first-order chi connectivity index (χ1) is 8.52. The molecule has 100 valence electrons. The Morgan fingerprint density at radius 1 is 1.56 bits per heavy atom. The molecule has 2 heterocycles. The van der Waals surface area contributed by atoms with Crippen molar-refractivity contribution in [1.82, 2.24) is 14.7 Å². The van der Waals surface area contributed by atoms with Gasteiger partial charge in [-0.2, -0.15) is 5.10 Å².